The van der Waals surface area contributed by atoms with Crippen LogP contribution in [0.25, 0.3) is 0 Å². The number of ether oxygens (including phenoxy) is 1. The molecule has 1 atom stereocenters. The summed E-state index contributed by atoms with van der Waals surface area (Å²) in [6.45, 7) is 5.95. The van der Waals surface area contributed by atoms with Crippen molar-refractivity contribution in [1.29, 1.82) is 0 Å². The van der Waals surface area contributed by atoms with Gasteiger partial charge in [0.25, 0.3) is 0 Å². The van der Waals surface area contributed by atoms with Crippen molar-refractivity contribution in [3.63, 3.8) is 0 Å². The van der Waals surface area contributed by atoms with Gasteiger partial charge in [-0.2, -0.15) is 0 Å². The van der Waals surface area contributed by atoms with Crippen LogP contribution < -0.4 is 0 Å². The molecule has 27 heavy (non-hydrogen) atoms. The number of hydrogen-bond acceptors (Lipinski definition) is 3. The zero-order valence-electron chi connectivity index (χ0n) is 17.1. The molecule has 0 aromatic rings. The third kappa shape index (κ3) is 20.0. The number of rotatable bonds is 14. The molecule has 0 aliphatic rings. The van der Waals surface area contributed by atoms with Gasteiger partial charge >= 0.3 is 5.97 Å². The van der Waals surface area contributed by atoms with E-state index in [1.54, 1.807) is 0 Å². The molecule has 0 rings (SSSR count). The molecule has 0 heterocycles. The zero-order chi connectivity index (χ0) is 20.2. The quantitative estimate of drug-likeness (QED) is 0.176. The summed E-state index contributed by atoms with van der Waals surface area (Å²) < 4.78 is 4.84. The first-order valence-electron chi connectivity index (χ1n) is 9.86. The molecule has 0 spiro atoms. The van der Waals surface area contributed by atoms with Gasteiger partial charge in [-0.05, 0) is 45.4 Å². The maximum absolute atomic E-state index is 10.6. The maximum atomic E-state index is 10.6. The first kappa shape index (κ1) is 24.9. The van der Waals surface area contributed by atoms with Crippen LogP contribution in [0.3, 0.4) is 0 Å². The minimum Gasteiger partial charge on any atom is -0.466 e. The molecular weight excluding hydrogens is 336 g/mol. The first-order valence-corrected chi connectivity index (χ1v) is 9.86. The van der Waals surface area contributed by atoms with Crippen molar-refractivity contribution in [1.82, 2.24) is 0 Å². The first-order chi connectivity index (χ1) is 13.1. The average Bonchev–Trinajstić information content (AvgIpc) is 2.62. The lowest BCUT2D eigenvalue weighted by Gasteiger charge is -2.04. The Balaban J connectivity index is 3.94. The Morgan fingerprint density at radius 1 is 0.889 bits per heavy atom. The monoisotopic (exact) mass is 372 g/mol. The minimum absolute atomic E-state index is 0.252. The van der Waals surface area contributed by atoms with Gasteiger partial charge in [0.1, 0.15) is 0 Å². The summed E-state index contributed by atoms with van der Waals surface area (Å²) in [5.41, 5.74) is 1.04. The van der Waals surface area contributed by atoms with Crippen LogP contribution in [0.1, 0.15) is 59.3 Å². The molecule has 0 bridgehead atoms. The Hall–Kier alpha value is -2.13. The average molecular weight is 373 g/mol. The van der Waals surface area contributed by atoms with Gasteiger partial charge in [0, 0.05) is 6.92 Å². The Kier molecular flexibility index (Phi) is 17.2. The van der Waals surface area contributed by atoms with E-state index in [4.69, 9.17) is 4.74 Å². The molecule has 150 valence electrons. The van der Waals surface area contributed by atoms with Gasteiger partial charge in [-0.1, -0.05) is 79.3 Å². The van der Waals surface area contributed by atoms with Gasteiger partial charge in [0.05, 0.1) is 12.7 Å². The van der Waals surface area contributed by atoms with Crippen molar-refractivity contribution in [2.45, 2.75) is 65.4 Å². The van der Waals surface area contributed by atoms with E-state index in [0.29, 0.717) is 19.4 Å². The van der Waals surface area contributed by atoms with Crippen LogP contribution in [-0.4, -0.2) is 23.8 Å². The Morgan fingerprint density at radius 2 is 1.56 bits per heavy atom. The highest BCUT2D eigenvalue weighted by Gasteiger charge is 1.98. The summed E-state index contributed by atoms with van der Waals surface area (Å²) in [7, 11) is 0. The number of esters is 1. The molecule has 1 unspecified atom stereocenters. The number of allylic oxidation sites excluding steroid dienone is 10. The molecule has 0 saturated carbocycles. The van der Waals surface area contributed by atoms with Crippen LogP contribution in [0.2, 0.25) is 0 Å². The largest absolute Gasteiger partial charge is 0.466 e. The van der Waals surface area contributed by atoms with Gasteiger partial charge in [0.15, 0.2) is 0 Å². The van der Waals surface area contributed by atoms with Gasteiger partial charge in [-0.3, -0.25) is 4.79 Å². The SMILES string of the molecule is CC/C=C\CC/C=C/C=C\C=C\C(C)=C\C(O)CC/C=C\CCOC(C)=O. The van der Waals surface area contributed by atoms with Crippen molar-refractivity contribution in [2.75, 3.05) is 6.61 Å². The number of carbonyl (C=O) groups is 1. The second-order valence-electron chi connectivity index (χ2n) is 6.28. The maximum Gasteiger partial charge on any atom is 0.302 e. The standard InChI is InChI=1S/C24H36O3/c1-4-5-6-7-8-9-10-11-12-15-18-22(2)21-24(26)19-16-13-14-17-20-27-23(3)25/h5-6,9-15,18,21,24,26H,4,7-8,16-17,19-20H2,1-3H3/b6-5-,10-9+,12-11-,14-13-,18-15+,22-21+. The van der Waals surface area contributed by atoms with Crippen LogP contribution in [-0.2, 0) is 9.53 Å². The van der Waals surface area contributed by atoms with Crippen LogP contribution in [0.5, 0.6) is 0 Å². The van der Waals surface area contributed by atoms with Crippen LogP contribution >= 0.6 is 0 Å². The number of carbonyl (C=O) groups excluding carboxylic acids is 1. The highest BCUT2D eigenvalue weighted by molar-refractivity contribution is 5.65. The molecule has 3 heteroatoms. The minimum atomic E-state index is -0.451. The van der Waals surface area contributed by atoms with Gasteiger partial charge in [-0.25, -0.2) is 0 Å². The van der Waals surface area contributed by atoms with E-state index >= 15 is 0 Å². The van der Waals surface area contributed by atoms with Crippen molar-refractivity contribution >= 4 is 5.97 Å². The fourth-order valence-electron chi connectivity index (χ4n) is 2.20. The summed E-state index contributed by atoms with van der Waals surface area (Å²) >= 11 is 0. The molecule has 0 saturated heterocycles. The molecule has 0 aromatic carbocycles. The molecule has 0 aliphatic heterocycles. The van der Waals surface area contributed by atoms with Crippen LogP contribution in [0.15, 0.2) is 72.4 Å². The molecule has 3 nitrogen and oxygen atoms in total. The topological polar surface area (TPSA) is 46.5 Å². The second-order valence-corrected chi connectivity index (χ2v) is 6.28. The predicted molar refractivity (Wildman–Crippen MR) is 115 cm³/mol. The fourth-order valence-corrected chi connectivity index (χ4v) is 2.20. The number of aliphatic hydroxyl groups is 1. The number of hydrogen-bond donors (Lipinski definition) is 1. The van der Waals surface area contributed by atoms with E-state index in [1.807, 2.05) is 49.5 Å². The molecule has 1 N–H and O–H groups in total. The van der Waals surface area contributed by atoms with Gasteiger partial charge < -0.3 is 9.84 Å². The lowest BCUT2D eigenvalue weighted by molar-refractivity contribution is -0.140. The third-order valence-electron chi connectivity index (χ3n) is 3.57. The van der Waals surface area contributed by atoms with Crippen LogP contribution in [0, 0.1) is 0 Å². The molecule has 0 aliphatic carbocycles. The third-order valence-corrected chi connectivity index (χ3v) is 3.57. The summed E-state index contributed by atoms with van der Waals surface area (Å²) in [5, 5.41) is 10.0. The second kappa shape index (κ2) is 18.7. The van der Waals surface area contributed by atoms with Gasteiger partial charge in [0.2, 0.25) is 0 Å². The Labute approximate surface area is 165 Å². The lowest BCUT2D eigenvalue weighted by Crippen LogP contribution is -2.01. The van der Waals surface area contributed by atoms with Crippen molar-refractivity contribution < 1.29 is 14.6 Å². The lowest BCUT2D eigenvalue weighted by atomic mass is 10.1. The van der Waals surface area contributed by atoms with E-state index < -0.39 is 6.10 Å². The van der Waals surface area contributed by atoms with E-state index in [9.17, 15) is 9.90 Å². The molecule has 0 fully saturated rings. The van der Waals surface area contributed by atoms with E-state index in [-0.39, 0.29) is 5.97 Å². The van der Waals surface area contributed by atoms with Crippen molar-refractivity contribution in [3.05, 3.63) is 72.4 Å². The zero-order valence-corrected chi connectivity index (χ0v) is 17.1. The molecule has 0 radical (unpaired) electrons. The van der Waals surface area contributed by atoms with Gasteiger partial charge in [-0.15, -0.1) is 0 Å². The number of aliphatic hydroxyl groups excluding tert-OH is 1. The van der Waals surface area contributed by atoms with E-state index in [0.717, 1.165) is 31.3 Å². The summed E-state index contributed by atoms with van der Waals surface area (Å²) in [4.78, 5) is 10.6. The van der Waals surface area contributed by atoms with E-state index in [1.165, 1.54) is 6.92 Å². The number of unbranched alkanes of at least 4 members (excludes halogenated alkanes) is 1. The summed E-state index contributed by atoms with van der Waals surface area (Å²) in [5.74, 6) is -0.252. The highest BCUT2D eigenvalue weighted by atomic mass is 16.5. The normalized spacial score (nSPS) is 14.4. The van der Waals surface area contributed by atoms with E-state index in [2.05, 4.69) is 31.2 Å². The summed E-state index contributed by atoms with van der Waals surface area (Å²) in [6, 6.07) is 0. The molecule has 0 aromatic heterocycles. The van der Waals surface area contributed by atoms with Crippen LogP contribution in [0.4, 0.5) is 0 Å². The highest BCUT2D eigenvalue weighted by Crippen LogP contribution is 2.05. The Morgan fingerprint density at radius 3 is 2.30 bits per heavy atom. The predicted octanol–water partition coefficient (Wildman–Crippen LogP) is 6.00. The smallest absolute Gasteiger partial charge is 0.302 e. The molecular formula is C24H36O3. The van der Waals surface area contributed by atoms with Crippen molar-refractivity contribution in [3.8, 4) is 0 Å². The van der Waals surface area contributed by atoms with Crippen molar-refractivity contribution in [2.24, 2.45) is 0 Å². The molecule has 0 amide bonds. The summed E-state index contributed by atoms with van der Waals surface area (Å²) in [6.07, 6.45) is 27.5. The fraction of sp³-hybridized carbons (Fsp3) is 0.458. The Bertz CT molecular complexity index is 548.